The molecule has 0 aliphatic heterocycles. The molecule has 0 spiro atoms. The summed E-state index contributed by atoms with van der Waals surface area (Å²) in [5.41, 5.74) is 2.03. The van der Waals surface area contributed by atoms with E-state index in [-0.39, 0.29) is 0 Å². The molecule has 0 aliphatic carbocycles. The fourth-order valence-corrected chi connectivity index (χ4v) is 2.56. The van der Waals surface area contributed by atoms with Crippen LogP contribution in [0.3, 0.4) is 0 Å². The van der Waals surface area contributed by atoms with Gasteiger partial charge in [0.1, 0.15) is 5.75 Å². The van der Waals surface area contributed by atoms with E-state index in [1.54, 1.807) is 0 Å². The van der Waals surface area contributed by atoms with Gasteiger partial charge < -0.3 is 4.74 Å². The number of unbranched alkanes of at least 4 members (excludes halogenated alkanes) is 3. The maximum absolute atomic E-state index is 5.83. The van der Waals surface area contributed by atoms with Crippen molar-refractivity contribution < 1.29 is 4.74 Å². The van der Waals surface area contributed by atoms with E-state index in [1.807, 2.05) is 30.3 Å². The molecule has 0 saturated carbocycles. The van der Waals surface area contributed by atoms with Crippen LogP contribution in [-0.2, 0) is 0 Å². The van der Waals surface area contributed by atoms with Gasteiger partial charge in [0.2, 0.25) is 0 Å². The molecule has 2 aromatic carbocycles. The van der Waals surface area contributed by atoms with Crippen LogP contribution in [0.4, 0.5) is 0 Å². The van der Waals surface area contributed by atoms with Gasteiger partial charge in [0.25, 0.3) is 0 Å². The second kappa shape index (κ2) is 6.57. The summed E-state index contributed by atoms with van der Waals surface area (Å²) in [7, 11) is 0. The zero-order valence-electron chi connectivity index (χ0n) is 12.5. The van der Waals surface area contributed by atoms with E-state index in [9.17, 15) is 0 Å². The summed E-state index contributed by atoms with van der Waals surface area (Å²) in [6.45, 7) is 3.01. The Balaban J connectivity index is 1.77. The fraction of sp³-hybridized carbons (Fsp3) is 0.316. The van der Waals surface area contributed by atoms with Gasteiger partial charge in [-0.15, -0.1) is 0 Å². The van der Waals surface area contributed by atoms with E-state index in [4.69, 9.17) is 9.72 Å². The van der Waals surface area contributed by atoms with Gasteiger partial charge in [0, 0.05) is 16.8 Å². The van der Waals surface area contributed by atoms with E-state index in [0.717, 1.165) is 35.2 Å². The average Bonchev–Trinajstić information content (AvgIpc) is 2.52. The Kier molecular flexibility index (Phi) is 4.34. The van der Waals surface area contributed by atoms with E-state index >= 15 is 0 Å². The highest BCUT2D eigenvalue weighted by Gasteiger charge is 2.01. The SMILES string of the molecule is CCCCCCOc1ccc2cc3ccccc3nc2c1. The number of benzene rings is 2. The molecule has 2 nitrogen and oxygen atoms in total. The molecule has 0 saturated heterocycles. The van der Waals surface area contributed by atoms with E-state index in [0.29, 0.717) is 0 Å². The van der Waals surface area contributed by atoms with Gasteiger partial charge in [0.15, 0.2) is 0 Å². The summed E-state index contributed by atoms with van der Waals surface area (Å²) in [6.07, 6.45) is 4.91. The van der Waals surface area contributed by atoms with Crippen LogP contribution in [0.25, 0.3) is 21.8 Å². The van der Waals surface area contributed by atoms with Gasteiger partial charge in [-0.25, -0.2) is 4.98 Å². The number of hydrogen-bond acceptors (Lipinski definition) is 2. The largest absolute Gasteiger partial charge is 0.494 e. The topological polar surface area (TPSA) is 22.1 Å². The van der Waals surface area contributed by atoms with E-state index in [2.05, 4.69) is 25.1 Å². The zero-order chi connectivity index (χ0) is 14.5. The minimum absolute atomic E-state index is 0.791. The lowest BCUT2D eigenvalue weighted by Gasteiger charge is -2.07. The predicted molar refractivity (Wildman–Crippen MR) is 88.9 cm³/mol. The summed E-state index contributed by atoms with van der Waals surface area (Å²) in [5, 5.41) is 2.34. The van der Waals surface area contributed by atoms with Crippen molar-refractivity contribution in [3.63, 3.8) is 0 Å². The molecule has 0 fully saturated rings. The van der Waals surface area contributed by atoms with Gasteiger partial charge in [-0.05, 0) is 30.7 Å². The number of hydrogen-bond donors (Lipinski definition) is 0. The van der Waals surface area contributed by atoms with Crippen LogP contribution in [-0.4, -0.2) is 11.6 Å². The molecule has 108 valence electrons. The molecular weight excluding hydrogens is 258 g/mol. The molecule has 0 bridgehead atoms. The Labute approximate surface area is 125 Å². The minimum atomic E-state index is 0.791. The zero-order valence-corrected chi connectivity index (χ0v) is 12.5. The summed E-state index contributed by atoms with van der Waals surface area (Å²) in [4.78, 5) is 4.72. The number of nitrogens with zero attached hydrogens (tertiary/aromatic N) is 1. The maximum atomic E-state index is 5.83. The molecule has 3 rings (SSSR count). The van der Waals surface area contributed by atoms with Gasteiger partial charge in [-0.3, -0.25) is 0 Å². The Morgan fingerprint density at radius 2 is 1.71 bits per heavy atom. The third-order valence-corrected chi connectivity index (χ3v) is 3.76. The molecule has 0 unspecified atom stereocenters. The fourth-order valence-electron chi connectivity index (χ4n) is 2.56. The molecule has 0 radical (unpaired) electrons. The van der Waals surface area contributed by atoms with Crippen molar-refractivity contribution in [2.75, 3.05) is 6.61 Å². The highest BCUT2D eigenvalue weighted by atomic mass is 16.5. The number of para-hydroxylation sites is 1. The normalized spacial score (nSPS) is 11.1. The molecule has 2 heteroatoms. The number of pyridine rings is 1. The highest BCUT2D eigenvalue weighted by Crippen LogP contribution is 2.23. The molecule has 0 amide bonds. The number of aromatic nitrogens is 1. The third kappa shape index (κ3) is 3.33. The first-order valence-electron chi connectivity index (χ1n) is 7.79. The maximum Gasteiger partial charge on any atom is 0.121 e. The van der Waals surface area contributed by atoms with Crippen LogP contribution in [0.2, 0.25) is 0 Å². The predicted octanol–water partition coefficient (Wildman–Crippen LogP) is 5.35. The van der Waals surface area contributed by atoms with Gasteiger partial charge >= 0.3 is 0 Å². The van der Waals surface area contributed by atoms with Crippen molar-refractivity contribution in [2.45, 2.75) is 32.6 Å². The number of ether oxygens (including phenoxy) is 1. The molecule has 3 aromatic rings. The van der Waals surface area contributed by atoms with Crippen LogP contribution in [0.15, 0.2) is 48.5 Å². The standard InChI is InChI=1S/C19H21NO/c1-2-3-4-7-12-21-17-11-10-16-13-15-8-5-6-9-18(15)20-19(16)14-17/h5-6,8-11,13-14H,2-4,7,12H2,1H3. The van der Waals surface area contributed by atoms with Crippen molar-refractivity contribution in [2.24, 2.45) is 0 Å². The van der Waals surface area contributed by atoms with Crippen molar-refractivity contribution in [1.82, 2.24) is 4.98 Å². The molecule has 21 heavy (non-hydrogen) atoms. The molecule has 1 heterocycles. The monoisotopic (exact) mass is 279 g/mol. The number of fused-ring (bicyclic) bond motifs is 2. The summed E-state index contributed by atoms with van der Waals surface area (Å²) in [5.74, 6) is 0.918. The average molecular weight is 279 g/mol. The second-order valence-electron chi connectivity index (χ2n) is 5.44. The van der Waals surface area contributed by atoms with Crippen molar-refractivity contribution in [1.29, 1.82) is 0 Å². The Morgan fingerprint density at radius 3 is 2.62 bits per heavy atom. The van der Waals surface area contributed by atoms with E-state index in [1.165, 1.54) is 24.6 Å². The summed E-state index contributed by atoms with van der Waals surface area (Å²) >= 11 is 0. The molecular formula is C19H21NO. The Morgan fingerprint density at radius 1 is 0.857 bits per heavy atom. The first-order valence-corrected chi connectivity index (χ1v) is 7.79. The van der Waals surface area contributed by atoms with Crippen LogP contribution in [0.1, 0.15) is 32.6 Å². The van der Waals surface area contributed by atoms with Crippen LogP contribution in [0.5, 0.6) is 5.75 Å². The smallest absolute Gasteiger partial charge is 0.121 e. The van der Waals surface area contributed by atoms with E-state index < -0.39 is 0 Å². The highest BCUT2D eigenvalue weighted by molar-refractivity contribution is 5.93. The first-order chi connectivity index (χ1) is 10.4. The lowest BCUT2D eigenvalue weighted by molar-refractivity contribution is 0.305. The lowest BCUT2D eigenvalue weighted by Crippen LogP contribution is -1.97. The van der Waals surface area contributed by atoms with Crippen molar-refractivity contribution in [3.05, 3.63) is 48.5 Å². The van der Waals surface area contributed by atoms with Crippen LogP contribution in [0, 0.1) is 0 Å². The Hall–Kier alpha value is -2.09. The molecule has 1 aromatic heterocycles. The Bertz CT molecular complexity index is 736. The molecule has 0 atom stereocenters. The van der Waals surface area contributed by atoms with Crippen LogP contribution >= 0.6 is 0 Å². The molecule has 0 aliphatic rings. The van der Waals surface area contributed by atoms with Gasteiger partial charge in [-0.1, -0.05) is 44.4 Å². The second-order valence-corrected chi connectivity index (χ2v) is 5.44. The van der Waals surface area contributed by atoms with Gasteiger partial charge in [-0.2, -0.15) is 0 Å². The number of rotatable bonds is 6. The first kappa shape index (κ1) is 13.9. The third-order valence-electron chi connectivity index (χ3n) is 3.76. The lowest BCUT2D eigenvalue weighted by atomic mass is 10.1. The van der Waals surface area contributed by atoms with Gasteiger partial charge in [0.05, 0.1) is 17.6 Å². The quantitative estimate of drug-likeness (QED) is 0.448. The minimum Gasteiger partial charge on any atom is -0.494 e. The summed E-state index contributed by atoms with van der Waals surface area (Å²) in [6, 6.07) is 16.6. The molecule has 0 N–H and O–H groups in total. The van der Waals surface area contributed by atoms with Crippen molar-refractivity contribution in [3.8, 4) is 5.75 Å². The van der Waals surface area contributed by atoms with Crippen LogP contribution < -0.4 is 4.74 Å². The summed E-state index contributed by atoms with van der Waals surface area (Å²) < 4.78 is 5.83. The van der Waals surface area contributed by atoms with Crippen molar-refractivity contribution >= 4 is 21.8 Å².